The zero-order valence-corrected chi connectivity index (χ0v) is 13.2. The highest BCUT2D eigenvalue weighted by molar-refractivity contribution is 6.31. The van der Waals surface area contributed by atoms with Crippen LogP contribution in [0.2, 0.25) is 5.02 Å². The van der Waals surface area contributed by atoms with Crippen LogP contribution in [0.15, 0.2) is 6.20 Å². The number of aromatic nitrogens is 2. The quantitative estimate of drug-likeness (QED) is 0.510. The molecule has 1 rings (SSSR count). The molecule has 6 nitrogen and oxygen atoms in total. The van der Waals surface area contributed by atoms with Gasteiger partial charge < -0.3 is 9.47 Å². The number of hydrogen-bond donors (Lipinski definition) is 2. The maximum Gasteiger partial charge on any atom is 0.0905 e. The van der Waals surface area contributed by atoms with Crippen molar-refractivity contribution >= 4 is 11.6 Å². The third-order valence-electron chi connectivity index (χ3n) is 3.14. The molecule has 20 heavy (non-hydrogen) atoms. The van der Waals surface area contributed by atoms with Gasteiger partial charge in [0, 0.05) is 13.7 Å². The Balaban J connectivity index is 2.99. The molecule has 0 fully saturated rings. The Morgan fingerprint density at radius 2 is 2.25 bits per heavy atom. The minimum absolute atomic E-state index is 0.0366. The third kappa shape index (κ3) is 4.43. The lowest BCUT2D eigenvalue weighted by Crippen LogP contribution is -2.39. The van der Waals surface area contributed by atoms with Gasteiger partial charge in [0.2, 0.25) is 0 Å². The van der Waals surface area contributed by atoms with Crippen LogP contribution in [0.1, 0.15) is 38.4 Å². The highest BCUT2D eigenvalue weighted by atomic mass is 35.5. The summed E-state index contributed by atoms with van der Waals surface area (Å²) < 4.78 is 12.7. The first-order valence-corrected chi connectivity index (χ1v) is 7.35. The summed E-state index contributed by atoms with van der Waals surface area (Å²) >= 11 is 6.27. The molecule has 0 spiro atoms. The highest BCUT2D eigenvalue weighted by Crippen LogP contribution is 2.28. The molecule has 0 bridgehead atoms. The van der Waals surface area contributed by atoms with Gasteiger partial charge in [-0.25, -0.2) is 5.43 Å². The number of nitrogens with zero attached hydrogens (tertiary/aromatic N) is 2. The van der Waals surface area contributed by atoms with E-state index in [1.54, 1.807) is 13.3 Å². The Hall–Kier alpha value is -0.660. The summed E-state index contributed by atoms with van der Waals surface area (Å²) in [4.78, 5) is 0. The minimum atomic E-state index is -0.193. The first-order chi connectivity index (χ1) is 9.69. The summed E-state index contributed by atoms with van der Waals surface area (Å²) in [6.07, 6.45) is 3.50. The standard InChI is InChI=1S/C13H25ClN4O2/c1-4-6-11(20-5-2)12(17-15)13-10(14)9-16-18(13)7-8-19-3/h9,11-12,17H,4-8,15H2,1-3H3. The Labute approximate surface area is 125 Å². The Bertz CT molecular complexity index is 380. The van der Waals surface area contributed by atoms with Crippen LogP contribution in [0.5, 0.6) is 0 Å². The van der Waals surface area contributed by atoms with Crippen molar-refractivity contribution in [2.24, 2.45) is 5.84 Å². The first-order valence-electron chi connectivity index (χ1n) is 6.97. The van der Waals surface area contributed by atoms with E-state index >= 15 is 0 Å². The predicted octanol–water partition coefficient (Wildman–Crippen LogP) is 1.89. The largest absolute Gasteiger partial charge is 0.383 e. The van der Waals surface area contributed by atoms with E-state index in [0.29, 0.717) is 24.8 Å². The van der Waals surface area contributed by atoms with Gasteiger partial charge in [0.25, 0.3) is 0 Å². The summed E-state index contributed by atoms with van der Waals surface area (Å²) in [5, 5.41) is 4.87. The van der Waals surface area contributed by atoms with E-state index < -0.39 is 0 Å². The van der Waals surface area contributed by atoms with Crippen molar-refractivity contribution in [3.05, 3.63) is 16.9 Å². The van der Waals surface area contributed by atoms with Crippen LogP contribution in [-0.2, 0) is 16.0 Å². The minimum Gasteiger partial charge on any atom is -0.383 e. The van der Waals surface area contributed by atoms with Crippen molar-refractivity contribution in [2.75, 3.05) is 20.3 Å². The second kappa shape index (κ2) is 9.31. The summed E-state index contributed by atoms with van der Waals surface area (Å²) in [7, 11) is 1.66. The molecule has 0 saturated heterocycles. The van der Waals surface area contributed by atoms with Crippen molar-refractivity contribution in [3.8, 4) is 0 Å². The Morgan fingerprint density at radius 1 is 1.50 bits per heavy atom. The van der Waals surface area contributed by atoms with E-state index in [-0.39, 0.29) is 12.1 Å². The van der Waals surface area contributed by atoms with E-state index in [2.05, 4.69) is 17.4 Å². The van der Waals surface area contributed by atoms with Gasteiger partial charge in [0.05, 0.1) is 42.2 Å². The van der Waals surface area contributed by atoms with Gasteiger partial charge in [-0.05, 0) is 13.3 Å². The fourth-order valence-corrected chi connectivity index (χ4v) is 2.50. The van der Waals surface area contributed by atoms with E-state index in [4.69, 9.17) is 26.9 Å². The maximum atomic E-state index is 6.27. The number of halogens is 1. The molecule has 0 aliphatic heterocycles. The van der Waals surface area contributed by atoms with E-state index in [1.807, 2.05) is 11.6 Å². The van der Waals surface area contributed by atoms with Crippen LogP contribution >= 0.6 is 11.6 Å². The lowest BCUT2D eigenvalue weighted by molar-refractivity contribution is 0.0250. The highest BCUT2D eigenvalue weighted by Gasteiger charge is 2.27. The summed E-state index contributed by atoms with van der Waals surface area (Å²) in [5.41, 5.74) is 3.67. The normalized spacial score (nSPS) is 14.4. The fraction of sp³-hybridized carbons (Fsp3) is 0.769. The van der Waals surface area contributed by atoms with Crippen LogP contribution in [0, 0.1) is 0 Å². The summed E-state index contributed by atoms with van der Waals surface area (Å²) in [6.45, 7) is 5.91. The molecule has 0 aliphatic rings. The number of hydrogen-bond acceptors (Lipinski definition) is 5. The van der Waals surface area contributed by atoms with Crippen molar-refractivity contribution in [2.45, 2.75) is 45.4 Å². The van der Waals surface area contributed by atoms with E-state index in [1.165, 1.54) is 0 Å². The van der Waals surface area contributed by atoms with Crippen LogP contribution in [0.3, 0.4) is 0 Å². The molecule has 1 aromatic rings. The molecule has 116 valence electrons. The smallest absolute Gasteiger partial charge is 0.0905 e. The molecule has 3 N–H and O–H groups in total. The van der Waals surface area contributed by atoms with Crippen LogP contribution in [-0.4, -0.2) is 36.2 Å². The molecule has 0 saturated carbocycles. The molecule has 0 aliphatic carbocycles. The second-order valence-corrected chi connectivity index (χ2v) is 4.93. The van der Waals surface area contributed by atoms with Crippen molar-refractivity contribution in [1.29, 1.82) is 0 Å². The molecule has 0 amide bonds. The van der Waals surface area contributed by atoms with Crippen molar-refractivity contribution in [3.63, 3.8) is 0 Å². The molecular weight excluding hydrogens is 280 g/mol. The molecule has 1 aromatic heterocycles. The van der Waals surface area contributed by atoms with Gasteiger partial charge in [0.15, 0.2) is 0 Å². The molecule has 0 aromatic carbocycles. The topological polar surface area (TPSA) is 74.3 Å². The van der Waals surface area contributed by atoms with Crippen molar-refractivity contribution in [1.82, 2.24) is 15.2 Å². The molecule has 1 heterocycles. The molecule has 2 atom stereocenters. The monoisotopic (exact) mass is 304 g/mol. The third-order valence-corrected chi connectivity index (χ3v) is 3.43. The van der Waals surface area contributed by atoms with Gasteiger partial charge in [-0.3, -0.25) is 10.5 Å². The zero-order valence-electron chi connectivity index (χ0n) is 12.4. The average molecular weight is 305 g/mol. The van der Waals surface area contributed by atoms with Crippen molar-refractivity contribution < 1.29 is 9.47 Å². The number of nitrogens with two attached hydrogens (primary N) is 1. The van der Waals surface area contributed by atoms with Gasteiger partial charge >= 0.3 is 0 Å². The van der Waals surface area contributed by atoms with E-state index in [9.17, 15) is 0 Å². The Kier molecular flexibility index (Phi) is 8.09. The molecular formula is C13H25ClN4O2. The number of methoxy groups -OCH3 is 1. The van der Waals surface area contributed by atoms with Gasteiger partial charge in [-0.1, -0.05) is 24.9 Å². The number of nitrogens with one attached hydrogen (secondary N) is 1. The zero-order chi connectivity index (χ0) is 15.0. The number of ether oxygens (including phenoxy) is 2. The molecule has 0 radical (unpaired) electrons. The van der Waals surface area contributed by atoms with Gasteiger partial charge in [-0.15, -0.1) is 0 Å². The average Bonchev–Trinajstić information content (AvgIpc) is 2.80. The van der Waals surface area contributed by atoms with Gasteiger partial charge in [-0.2, -0.15) is 5.10 Å². The lowest BCUT2D eigenvalue weighted by atomic mass is 10.0. The predicted molar refractivity (Wildman–Crippen MR) is 79.5 cm³/mol. The fourth-order valence-electron chi connectivity index (χ4n) is 2.24. The molecule has 7 heteroatoms. The maximum absolute atomic E-state index is 6.27. The lowest BCUT2D eigenvalue weighted by Gasteiger charge is -2.27. The Morgan fingerprint density at radius 3 is 2.80 bits per heavy atom. The number of hydrazine groups is 1. The summed E-state index contributed by atoms with van der Waals surface area (Å²) in [5.74, 6) is 5.73. The van der Waals surface area contributed by atoms with Crippen LogP contribution < -0.4 is 11.3 Å². The van der Waals surface area contributed by atoms with Gasteiger partial charge in [0.1, 0.15) is 0 Å². The molecule has 2 unspecified atom stereocenters. The first kappa shape index (κ1) is 17.4. The van der Waals surface area contributed by atoms with Crippen LogP contribution in [0.4, 0.5) is 0 Å². The SMILES string of the molecule is CCCC(OCC)C(NN)c1c(Cl)cnn1CCOC. The summed E-state index contributed by atoms with van der Waals surface area (Å²) in [6, 6.07) is -0.193. The van der Waals surface area contributed by atoms with Crippen LogP contribution in [0.25, 0.3) is 0 Å². The number of rotatable bonds is 10. The van der Waals surface area contributed by atoms with E-state index in [0.717, 1.165) is 18.5 Å². The second-order valence-electron chi connectivity index (χ2n) is 4.52.